The Balaban J connectivity index is 2.14. The standard InChI is InChI=1S/C14H17NO6S/c1-10-15(8-4-2-3-5-14(16)17)12-7-6-11(22(18,19)20)9-13(12)21-10/h6-7,9H,2-5,8H2,1H3,(H-,16,17,18,19,20)/p+1. The quantitative estimate of drug-likeness (QED) is 0.456. The zero-order valence-corrected chi connectivity index (χ0v) is 13.0. The Morgan fingerprint density at radius 3 is 2.64 bits per heavy atom. The number of benzene rings is 1. The molecule has 0 atom stereocenters. The number of aliphatic carboxylic acids is 1. The van der Waals surface area contributed by atoms with Crippen LogP contribution in [0.2, 0.25) is 0 Å². The van der Waals surface area contributed by atoms with E-state index in [1.165, 1.54) is 12.1 Å². The van der Waals surface area contributed by atoms with Gasteiger partial charge in [-0.05, 0) is 18.9 Å². The first-order valence-electron chi connectivity index (χ1n) is 6.91. The maximum absolute atomic E-state index is 11.1. The summed E-state index contributed by atoms with van der Waals surface area (Å²) < 4.78 is 38.7. The van der Waals surface area contributed by atoms with E-state index in [-0.39, 0.29) is 11.3 Å². The van der Waals surface area contributed by atoms with Crippen LogP contribution < -0.4 is 4.57 Å². The third kappa shape index (κ3) is 3.83. The van der Waals surface area contributed by atoms with Crippen molar-refractivity contribution in [3.63, 3.8) is 0 Å². The number of hydrogen-bond acceptors (Lipinski definition) is 4. The molecule has 1 aromatic carbocycles. The molecule has 8 heteroatoms. The van der Waals surface area contributed by atoms with Gasteiger partial charge in [-0.15, -0.1) is 0 Å². The number of fused-ring (bicyclic) bond motifs is 1. The predicted octanol–water partition coefficient (Wildman–Crippen LogP) is 1.92. The van der Waals surface area contributed by atoms with Crippen LogP contribution in [0, 0.1) is 6.92 Å². The van der Waals surface area contributed by atoms with Crippen LogP contribution in [0.5, 0.6) is 0 Å². The molecule has 1 aromatic heterocycles. The highest BCUT2D eigenvalue weighted by atomic mass is 32.2. The number of aromatic nitrogens is 1. The summed E-state index contributed by atoms with van der Waals surface area (Å²) in [5.74, 6) is -0.170. The molecule has 0 amide bonds. The van der Waals surface area contributed by atoms with E-state index < -0.39 is 16.1 Å². The molecule has 0 aliphatic carbocycles. The van der Waals surface area contributed by atoms with E-state index in [1.807, 2.05) is 4.57 Å². The molecule has 0 bridgehead atoms. The number of nitrogens with zero attached hydrogens (tertiary/aromatic N) is 1. The zero-order valence-electron chi connectivity index (χ0n) is 12.2. The highest BCUT2D eigenvalue weighted by Gasteiger charge is 2.21. The molecule has 0 saturated carbocycles. The summed E-state index contributed by atoms with van der Waals surface area (Å²) in [5, 5.41) is 8.58. The number of carboxylic acids is 1. The van der Waals surface area contributed by atoms with Crippen LogP contribution in [0.4, 0.5) is 0 Å². The molecule has 0 aliphatic rings. The Labute approximate surface area is 127 Å². The van der Waals surface area contributed by atoms with Crippen molar-refractivity contribution in [2.24, 2.45) is 0 Å². The maximum atomic E-state index is 11.1. The fraction of sp³-hybridized carbons (Fsp3) is 0.429. The predicted molar refractivity (Wildman–Crippen MR) is 77.1 cm³/mol. The number of oxazole rings is 1. The highest BCUT2D eigenvalue weighted by Crippen LogP contribution is 2.19. The van der Waals surface area contributed by atoms with E-state index >= 15 is 0 Å². The maximum Gasteiger partial charge on any atom is 0.344 e. The van der Waals surface area contributed by atoms with E-state index in [1.54, 1.807) is 13.0 Å². The summed E-state index contributed by atoms with van der Waals surface area (Å²) in [7, 11) is -4.26. The van der Waals surface area contributed by atoms with Gasteiger partial charge >= 0.3 is 11.9 Å². The number of carbonyl (C=O) groups is 1. The second kappa shape index (κ2) is 6.45. The largest absolute Gasteiger partial charge is 0.481 e. The van der Waals surface area contributed by atoms with Gasteiger partial charge in [0.25, 0.3) is 15.6 Å². The van der Waals surface area contributed by atoms with Gasteiger partial charge in [0.05, 0.1) is 11.8 Å². The van der Waals surface area contributed by atoms with Crippen molar-refractivity contribution < 1.29 is 31.9 Å². The van der Waals surface area contributed by atoms with Crippen molar-refractivity contribution in [2.75, 3.05) is 0 Å². The van der Waals surface area contributed by atoms with Crippen molar-refractivity contribution in [1.29, 1.82) is 0 Å². The summed E-state index contributed by atoms with van der Waals surface area (Å²) in [5.41, 5.74) is 1.13. The monoisotopic (exact) mass is 328 g/mol. The van der Waals surface area contributed by atoms with E-state index in [9.17, 15) is 13.2 Å². The normalized spacial score (nSPS) is 11.9. The molecule has 0 aliphatic heterocycles. The molecule has 2 N–H and O–H groups in total. The van der Waals surface area contributed by atoms with E-state index in [2.05, 4.69) is 0 Å². The minimum Gasteiger partial charge on any atom is -0.481 e. The third-order valence-corrected chi connectivity index (χ3v) is 4.28. The topological polar surface area (TPSA) is 109 Å². The minimum absolute atomic E-state index is 0.160. The Hall–Kier alpha value is -1.93. The summed E-state index contributed by atoms with van der Waals surface area (Å²) in [6.07, 6.45) is 2.37. The third-order valence-electron chi connectivity index (χ3n) is 3.43. The Morgan fingerprint density at radius 1 is 1.27 bits per heavy atom. The van der Waals surface area contributed by atoms with Gasteiger partial charge in [0.1, 0.15) is 0 Å². The fourth-order valence-corrected chi connectivity index (χ4v) is 2.84. The molecule has 0 spiro atoms. The molecular formula is C14H18NO6S+. The van der Waals surface area contributed by atoms with Gasteiger partial charge in [-0.25, -0.2) is 0 Å². The second-order valence-corrected chi connectivity index (χ2v) is 6.50. The number of unbranched alkanes of at least 4 members (excludes halogenated alkanes) is 2. The molecule has 0 saturated heterocycles. The minimum atomic E-state index is -4.26. The van der Waals surface area contributed by atoms with Crippen LogP contribution in [0.3, 0.4) is 0 Å². The van der Waals surface area contributed by atoms with Crippen LogP contribution in [-0.4, -0.2) is 24.0 Å². The van der Waals surface area contributed by atoms with E-state index in [0.717, 1.165) is 18.4 Å². The second-order valence-electron chi connectivity index (χ2n) is 5.08. The number of aryl methyl sites for hydroxylation is 2. The molecule has 0 fully saturated rings. The lowest BCUT2D eigenvalue weighted by atomic mass is 10.2. The van der Waals surface area contributed by atoms with Crippen LogP contribution >= 0.6 is 0 Å². The van der Waals surface area contributed by atoms with Gasteiger partial charge in [-0.2, -0.15) is 13.0 Å². The first kappa shape index (κ1) is 16.4. The van der Waals surface area contributed by atoms with Gasteiger partial charge < -0.3 is 9.52 Å². The molecule has 22 heavy (non-hydrogen) atoms. The molecular weight excluding hydrogens is 310 g/mol. The van der Waals surface area contributed by atoms with Crippen LogP contribution in [0.15, 0.2) is 27.5 Å². The zero-order chi connectivity index (χ0) is 16.3. The van der Waals surface area contributed by atoms with Crippen LogP contribution in [0.1, 0.15) is 31.6 Å². The van der Waals surface area contributed by atoms with Crippen molar-refractivity contribution in [3.05, 3.63) is 24.1 Å². The highest BCUT2D eigenvalue weighted by molar-refractivity contribution is 7.85. The van der Waals surface area contributed by atoms with Crippen molar-refractivity contribution in [2.45, 2.75) is 44.0 Å². The van der Waals surface area contributed by atoms with Crippen LogP contribution in [-0.2, 0) is 21.5 Å². The van der Waals surface area contributed by atoms with Gasteiger partial charge in [-0.3, -0.25) is 9.35 Å². The smallest absolute Gasteiger partial charge is 0.344 e. The number of rotatable bonds is 7. The Kier molecular flexibility index (Phi) is 4.82. The summed E-state index contributed by atoms with van der Waals surface area (Å²) in [6.45, 7) is 2.42. The summed E-state index contributed by atoms with van der Waals surface area (Å²) in [6, 6.07) is 4.21. The fourth-order valence-electron chi connectivity index (χ4n) is 2.34. The van der Waals surface area contributed by atoms with Gasteiger partial charge in [0, 0.05) is 25.0 Å². The number of carboxylic acid groups (broad SMARTS) is 1. The van der Waals surface area contributed by atoms with Gasteiger partial charge in [0.2, 0.25) is 5.58 Å². The molecule has 2 rings (SSSR count). The molecule has 7 nitrogen and oxygen atoms in total. The summed E-state index contributed by atoms with van der Waals surface area (Å²) in [4.78, 5) is 10.2. The molecule has 1 heterocycles. The Morgan fingerprint density at radius 2 is 2.00 bits per heavy atom. The number of hydrogen-bond donors (Lipinski definition) is 2. The van der Waals surface area contributed by atoms with E-state index in [4.69, 9.17) is 14.1 Å². The average Bonchev–Trinajstić information content (AvgIpc) is 2.72. The lowest BCUT2D eigenvalue weighted by Gasteiger charge is -1.97. The lowest BCUT2D eigenvalue weighted by molar-refractivity contribution is -0.683. The molecule has 120 valence electrons. The first-order valence-corrected chi connectivity index (χ1v) is 8.35. The van der Waals surface area contributed by atoms with Crippen LogP contribution in [0.25, 0.3) is 11.1 Å². The van der Waals surface area contributed by atoms with Crippen molar-refractivity contribution in [3.8, 4) is 0 Å². The van der Waals surface area contributed by atoms with Crippen molar-refractivity contribution >= 4 is 27.2 Å². The molecule has 0 unspecified atom stereocenters. The Bertz CT molecular complexity index is 793. The lowest BCUT2D eigenvalue weighted by Crippen LogP contribution is -2.35. The average molecular weight is 328 g/mol. The van der Waals surface area contributed by atoms with Crippen molar-refractivity contribution in [1.82, 2.24) is 0 Å². The SMILES string of the molecule is Cc1oc2cc(S(=O)(=O)O)ccc2[n+]1CCCCCC(=O)O. The molecule has 2 aromatic rings. The van der Waals surface area contributed by atoms with E-state index in [0.29, 0.717) is 24.4 Å². The van der Waals surface area contributed by atoms with Gasteiger partial charge in [0.15, 0.2) is 6.54 Å². The molecule has 0 radical (unpaired) electrons. The van der Waals surface area contributed by atoms with Gasteiger partial charge in [-0.1, -0.05) is 0 Å². The summed E-state index contributed by atoms with van der Waals surface area (Å²) >= 11 is 0. The first-order chi connectivity index (χ1) is 10.3.